The Hall–Kier alpha value is -1.66. The van der Waals surface area contributed by atoms with Crippen LogP contribution in [0.25, 0.3) is 11.0 Å². The topological polar surface area (TPSA) is 17.8 Å². The number of halogens is 4. The minimum absolute atomic E-state index is 0.0996. The molecule has 0 bridgehead atoms. The van der Waals surface area contributed by atoms with Crippen molar-refractivity contribution in [2.75, 3.05) is 0 Å². The van der Waals surface area contributed by atoms with Gasteiger partial charge in [0.05, 0.1) is 22.3 Å². The molecule has 0 saturated carbocycles. The summed E-state index contributed by atoms with van der Waals surface area (Å²) in [7, 11) is 0. The van der Waals surface area contributed by atoms with E-state index < -0.39 is 11.7 Å². The summed E-state index contributed by atoms with van der Waals surface area (Å²) in [5.41, 5.74) is 0.412. The van der Waals surface area contributed by atoms with Crippen molar-refractivity contribution < 1.29 is 13.2 Å². The van der Waals surface area contributed by atoms with Gasteiger partial charge in [0.1, 0.15) is 5.82 Å². The lowest BCUT2D eigenvalue weighted by Crippen LogP contribution is -2.06. The highest BCUT2D eigenvalue weighted by Gasteiger charge is 2.31. The fraction of sp³-hybridized carbons (Fsp3) is 0.278. The molecule has 1 heterocycles. The van der Waals surface area contributed by atoms with E-state index in [0.29, 0.717) is 16.3 Å². The van der Waals surface area contributed by atoms with Crippen LogP contribution >= 0.6 is 23.4 Å². The summed E-state index contributed by atoms with van der Waals surface area (Å²) >= 11 is 7.46. The maximum atomic E-state index is 12.9. The third-order valence-electron chi connectivity index (χ3n) is 3.79. The predicted molar refractivity (Wildman–Crippen MR) is 96.1 cm³/mol. The van der Waals surface area contributed by atoms with E-state index in [2.05, 4.69) is 4.98 Å². The summed E-state index contributed by atoms with van der Waals surface area (Å²) in [6.45, 7) is 3.99. The summed E-state index contributed by atoms with van der Waals surface area (Å²) in [5, 5.41) is 0.665. The normalized spacial score (nSPS) is 12.3. The Morgan fingerprint density at radius 1 is 1.12 bits per heavy atom. The second kappa shape index (κ2) is 6.92. The molecule has 3 aromatic rings. The molecule has 3 rings (SSSR count). The number of nitrogens with zero attached hydrogens (tertiary/aromatic N) is 2. The van der Waals surface area contributed by atoms with Crippen LogP contribution in [-0.4, -0.2) is 9.55 Å². The van der Waals surface area contributed by atoms with Crippen molar-refractivity contribution in [1.82, 2.24) is 9.55 Å². The Balaban J connectivity index is 1.95. The highest BCUT2D eigenvalue weighted by atomic mass is 35.5. The summed E-state index contributed by atoms with van der Waals surface area (Å²) in [5.74, 6) is 1.32. The molecule has 0 unspecified atom stereocenters. The fourth-order valence-corrected chi connectivity index (χ4v) is 3.64. The molecule has 0 fully saturated rings. The molecule has 7 heteroatoms. The first-order valence-electron chi connectivity index (χ1n) is 7.72. The van der Waals surface area contributed by atoms with Gasteiger partial charge in [0.2, 0.25) is 0 Å². The van der Waals surface area contributed by atoms with Crippen molar-refractivity contribution in [2.24, 2.45) is 0 Å². The molecule has 1 aromatic heterocycles. The zero-order chi connectivity index (χ0) is 18.2. The SMILES string of the molecule is CC(C)n1c(CSc2ccc(Cl)cc2)nc2cc(C(F)(F)F)ccc21. The van der Waals surface area contributed by atoms with Gasteiger partial charge in [-0.3, -0.25) is 0 Å². The molecular weight excluding hydrogens is 369 g/mol. The summed E-state index contributed by atoms with van der Waals surface area (Å²) < 4.78 is 40.8. The van der Waals surface area contributed by atoms with Crippen molar-refractivity contribution in [3.8, 4) is 0 Å². The first kappa shape index (κ1) is 18.1. The molecule has 0 aliphatic rings. The first-order chi connectivity index (χ1) is 11.8. The van der Waals surface area contributed by atoms with Gasteiger partial charge < -0.3 is 4.57 Å². The Morgan fingerprint density at radius 2 is 1.80 bits per heavy atom. The molecule has 0 amide bonds. The number of benzene rings is 2. The third kappa shape index (κ3) is 3.96. The Morgan fingerprint density at radius 3 is 2.40 bits per heavy atom. The molecule has 0 saturated heterocycles. The molecule has 0 aliphatic carbocycles. The minimum Gasteiger partial charge on any atom is -0.325 e. The first-order valence-corrected chi connectivity index (χ1v) is 9.08. The quantitative estimate of drug-likeness (QED) is 0.473. The number of fused-ring (bicyclic) bond motifs is 1. The van der Waals surface area contributed by atoms with Crippen LogP contribution in [0.2, 0.25) is 5.02 Å². The van der Waals surface area contributed by atoms with Gasteiger partial charge in [-0.2, -0.15) is 13.2 Å². The molecule has 0 atom stereocenters. The summed E-state index contributed by atoms with van der Waals surface area (Å²) in [4.78, 5) is 5.49. The van der Waals surface area contributed by atoms with Gasteiger partial charge in [0.15, 0.2) is 0 Å². The van der Waals surface area contributed by atoms with Gasteiger partial charge >= 0.3 is 6.18 Å². The largest absolute Gasteiger partial charge is 0.416 e. The lowest BCUT2D eigenvalue weighted by atomic mass is 10.2. The van der Waals surface area contributed by atoms with Crippen molar-refractivity contribution in [1.29, 1.82) is 0 Å². The lowest BCUT2D eigenvalue weighted by Gasteiger charge is -2.13. The number of hydrogen-bond acceptors (Lipinski definition) is 2. The molecule has 2 aromatic carbocycles. The van der Waals surface area contributed by atoms with Gasteiger partial charge in [0.25, 0.3) is 0 Å². The van der Waals surface area contributed by atoms with Gasteiger partial charge in [-0.05, 0) is 56.3 Å². The average Bonchev–Trinajstić information content (AvgIpc) is 2.91. The average molecular weight is 385 g/mol. The summed E-state index contributed by atoms with van der Waals surface area (Å²) in [6, 6.07) is 11.3. The Bertz CT molecular complexity index is 886. The second-order valence-electron chi connectivity index (χ2n) is 5.94. The zero-order valence-electron chi connectivity index (χ0n) is 13.6. The van der Waals surface area contributed by atoms with Gasteiger partial charge in [0, 0.05) is 16.0 Å². The molecule has 0 aliphatic heterocycles. The molecule has 2 nitrogen and oxygen atoms in total. The van der Waals surface area contributed by atoms with Gasteiger partial charge in [-0.1, -0.05) is 11.6 Å². The van der Waals surface area contributed by atoms with Crippen molar-refractivity contribution >= 4 is 34.4 Å². The van der Waals surface area contributed by atoms with Crippen LogP contribution in [0.1, 0.15) is 31.3 Å². The van der Waals surface area contributed by atoms with Gasteiger partial charge in [-0.15, -0.1) is 11.8 Å². The number of aromatic nitrogens is 2. The van der Waals surface area contributed by atoms with E-state index in [0.717, 1.165) is 28.4 Å². The van der Waals surface area contributed by atoms with Crippen LogP contribution < -0.4 is 0 Å². The van der Waals surface area contributed by atoms with E-state index in [4.69, 9.17) is 11.6 Å². The van der Waals surface area contributed by atoms with E-state index in [1.165, 1.54) is 6.07 Å². The predicted octanol–water partition coefficient (Wildman–Crippen LogP) is 6.58. The lowest BCUT2D eigenvalue weighted by molar-refractivity contribution is -0.137. The molecule has 0 N–H and O–H groups in total. The second-order valence-corrected chi connectivity index (χ2v) is 7.42. The smallest absolute Gasteiger partial charge is 0.325 e. The molecule has 132 valence electrons. The van der Waals surface area contributed by atoms with E-state index in [9.17, 15) is 13.2 Å². The number of rotatable bonds is 4. The van der Waals surface area contributed by atoms with E-state index >= 15 is 0 Å². The monoisotopic (exact) mass is 384 g/mol. The Labute approximate surface area is 153 Å². The molecular formula is C18H16ClF3N2S. The molecule has 0 radical (unpaired) electrons. The maximum absolute atomic E-state index is 12.9. The van der Waals surface area contributed by atoms with Crippen LogP contribution in [0.15, 0.2) is 47.4 Å². The highest BCUT2D eigenvalue weighted by molar-refractivity contribution is 7.98. The molecule has 25 heavy (non-hydrogen) atoms. The van der Waals surface area contributed by atoms with E-state index in [1.54, 1.807) is 11.8 Å². The van der Waals surface area contributed by atoms with Crippen LogP contribution in [0.5, 0.6) is 0 Å². The summed E-state index contributed by atoms with van der Waals surface area (Å²) in [6.07, 6.45) is -4.37. The van der Waals surface area contributed by atoms with Crippen molar-refractivity contribution in [3.05, 3.63) is 58.9 Å². The van der Waals surface area contributed by atoms with Crippen LogP contribution in [0.3, 0.4) is 0 Å². The standard InChI is InChI=1S/C18H16ClF3N2S/c1-11(2)24-16-8-3-12(18(20,21)22)9-15(16)23-17(24)10-25-14-6-4-13(19)5-7-14/h3-9,11H,10H2,1-2H3. The number of hydrogen-bond donors (Lipinski definition) is 0. The maximum Gasteiger partial charge on any atom is 0.416 e. The number of thioether (sulfide) groups is 1. The number of imidazole rings is 1. The van der Waals surface area contributed by atoms with Crippen LogP contribution in [-0.2, 0) is 11.9 Å². The molecule has 0 spiro atoms. The minimum atomic E-state index is -4.37. The fourth-order valence-electron chi connectivity index (χ4n) is 2.68. The van der Waals surface area contributed by atoms with E-state index in [1.807, 2.05) is 42.7 Å². The Kier molecular flexibility index (Phi) is 5.02. The van der Waals surface area contributed by atoms with Gasteiger partial charge in [-0.25, -0.2) is 4.98 Å². The zero-order valence-corrected chi connectivity index (χ0v) is 15.2. The third-order valence-corrected chi connectivity index (χ3v) is 5.05. The highest BCUT2D eigenvalue weighted by Crippen LogP contribution is 2.33. The van der Waals surface area contributed by atoms with Crippen molar-refractivity contribution in [2.45, 2.75) is 36.7 Å². The van der Waals surface area contributed by atoms with Crippen LogP contribution in [0.4, 0.5) is 13.2 Å². The number of alkyl halides is 3. The van der Waals surface area contributed by atoms with E-state index in [-0.39, 0.29) is 6.04 Å². The van der Waals surface area contributed by atoms with Crippen LogP contribution in [0, 0.1) is 0 Å². The van der Waals surface area contributed by atoms with Crippen molar-refractivity contribution in [3.63, 3.8) is 0 Å².